The lowest BCUT2D eigenvalue weighted by Crippen LogP contribution is -1.72. The minimum absolute atomic E-state index is 0.726. The second kappa shape index (κ2) is 8.15. The number of hydrogen-bond donors (Lipinski definition) is 0. The van der Waals surface area contributed by atoms with E-state index in [-0.39, 0.29) is 0 Å². The summed E-state index contributed by atoms with van der Waals surface area (Å²) in [5.74, 6) is 0. The Hall–Kier alpha value is -0.950. The molecule has 2 heteroatoms. The van der Waals surface area contributed by atoms with Crippen molar-refractivity contribution in [2.75, 3.05) is 6.61 Å². The molecule has 66 valence electrons. The first kappa shape index (κ1) is 11.1. The van der Waals surface area contributed by atoms with E-state index in [0.717, 1.165) is 11.6 Å². The zero-order chi connectivity index (χ0) is 9.23. The molecular weight excluding hydrogens is 172 g/mol. The first-order chi connectivity index (χ1) is 5.81. The predicted molar refractivity (Wildman–Crippen MR) is 53.3 cm³/mol. The Morgan fingerprint density at radius 3 is 2.17 bits per heavy atom. The highest BCUT2D eigenvalue weighted by molar-refractivity contribution is 6.30. The van der Waals surface area contributed by atoms with Crippen LogP contribution >= 0.6 is 11.6 Å². The molecular formula is C10H13ClO. The molecule has 12 heavy (non-hydrogen) atoms. The molecule has 0 aliphatic heterocycles. The summed E-state index contributed by atoms with van der Waals surface area (Å²) < 4.78 is 4.60. The van der Waals surface area contributed by atoms with Crippen LogP contribution in [-0.4, -0.2) is 6.61 Å². The summed E-state index contributed by atoms with van der Waals surface area (Å²) in [7, 11) is 0. The minimum atomic E-state index is 0.726. The average molecular weight is 185 g/mol. The highest BCUT2D eigenvalue weighted by Gasteiger charge is 1.74. The van der Waals surface area contributed by atoms with Gasteiger partial charge in [-0.25, -0.2) is 0 Å². The van der Waals surface area contributed by atoms with Gasteiger partial charge in [-0.2, -0.15) is 0 Å². The number of ether oxygens (including phenoxy) is 1. The Bertz CT molecular complexity index is 196. The number of rotatable bonds is 2. The summed E-state index contributed by atoms with van der Waals surface area (Å²) in [5, 5.41) is 0.794. The topological polar surface area (TPSA) is 9.23 Å². The molecule has 0 N–H and O–H groups in total. The van der Waals surface area contributed by atoms with Crippen molar-refractivity contribution in [2.45, 2.75) is 6.92 Å². The molecule has 0 amide bonds. The second-order valence-corrected chi connectivity index (χ2v) is 2.35. The summed E-state index contributed by atoms with van der Waals surface area (Å²) in [5.41, 5.74) is 0. The van der Waals surface area contributed by atoms with Gasteiger partial charge in [0.25, 0.3) is 0 Å². The van der Waals surface area contributed by atoms with Crippen molar-refractivity contribution in [3.63, 3.8) is 0 Å². The molecule has 1 rings (SSSR count). The molecule has 0 saturated carbocycles. The van der Waals surface area contributed by atoms with E-state index in [1.165, 1.54) is 6.26 Å². The van der Waals surface area contributed by atoms with E-state index in [4.69, 9.17) is 11.6 Å². The molecule has 0 heterocycles. The molecule has 0 atom stereocenters. The van der Waals surface area contributed by atoms with E-state index in [1.807, 2.05) is 37.3 Å². The summed E-state index contributed by atoms with van der Waals surface area (Å²) >= 11 is 5.54. The third-order valence-corrected chi connectivity index (χ3v) is 1.27. The molecule has 0 radical (unpaired) electrons. The van der Waals surface area contributed by atoms with Crippen LogP contribution in [0.1, 0.15) is 6.92 Å². The normalized spacial score (nSPS) is 7.83. The summed E-state index contributed by atoms with van der Waals surface area (Å²) in [4.78, 5) is 0. The summed E-state index contributed by atoms with van der Waals surface area (Å²) in [6.07, 6.45) is 1.43. The van der Waals surface area contributed by atoms with Gasteiger partial charge in [0.2, 0.25) is 0 Å². The van der Waals surface area contributed by atoms with Gasteiger partial charge in [-0.15, -0.1) is 0 Å². The first-order valence-electron chi connectivity index (χ1n) is 3.74. The fraction of sp³-hybridized carbons (Fsp3) is 0.200. The van der Waals surface area contributed by atoms with Crippen LogP contribution in [0, 0.1) is 0 Å². The third-order valence-electron chi connectivity index (χ3n) is 1.02. The van der Waals surface area contributed by atoms with Gasteiger partial charge in [0, 0.05) is 5.02 Å². The summed E-state index contributed by atoms with van der Waals surface area (Å²) in [6.45, 7) is 5.97. The molecule has 0 aromatic heterocycles. The molecule has 0 fully saturated rings. The monoisotopic (exact) mass is 184 g/mol. The SMILES string of the molecule is C=COCC.Clc1ccccc1. The van der Waals surface area contributed by atoms with Crippen LogP contribution in [0.4, 0.5) is 0 Å². The van der Waals surface area contributed by atoms with Crippen molar-refractivity contribution in [1.82, 2.24) is 0 Å². The van der Waals surface area contributed by atoms with E-state index in [9.17, 15) is 0 Å². The van der Waals surface area contributed by atoms with Gasteiger partial charge in [-0.3, -0.25) is 0 Å². The van der Waals surface area contributed by atoms with Crippen molar-refractivity contribution in [1.29, 1.82) is 0 Å². The van der Waals surface area contributed by atoms with Crippen molar-refractivity contribution in [3.8, 4) is 0 Å². The quantitative estimate of drug-likeness (QED) is 0.640. The highest BCUT2D eigenvalue weighted by atomic mass is 35.5. The van der Waals surface area contributed by atoms with Crippen LogP contribution in [0.3, 0.4) is 0 Å². The van der Waals surface area contributed by atoms with Crippen molar-refractivity contribution >= 4 is 11.6 Å². The molecule has 0 saturated heterocycles. The van der Waals surface area contributed by atoms with Gasteiger partial charge in [0.15, 0.2) is 0 Å². The van der Waals surface area contributed by atoms with E-state index in [2.05, 4.69) is 11.3 Å². The number of benzene rings is 1. The Labute approximate surface area is 78.6 Å². The maximum absolute atomic E-state index is 5.54. The number of halogens is 1. The Morgan fingerprint density at radius 2 is 2.00 bits per heavy atom. The highest BCUT2D eigenvalue weighted by Crippen LogP contribution is 2.03. The van der Waals surface area contributed by atoms with Crippen LogP contribution in [0.15, 0.2) is 43.2 Å². The first-order valence-corrected chi connectivity index (χ1v) is 4.12. The standard InChI is InChI=1S/C6H5Cl.C4H8O/c7-6-4-2-1-3-5-6;1-3-5-4-2/h1-5H;3H,1,4H2,2H3. The molecule has 0 aliphatic carbocycles. The van der Waals surface area contributed by atoms with Crippen molar-refractivity contribution < 1.29 is 4.74 Å². The van der Waals surface area contributed by atoms with E-state index >= 15 is 0 Å². The van der Waals surface area contributed by atoms with Gasteiger partial charge in [0.1, 0.15) is 0 Å². The number of hydrogen-bond acceptors (Lipinski definition) is 1. The van der Waals surface area contributed by atoms with Crippen LogP contribution in [0.25, 0.3) is 0 Å². The molecule has 0 bridgehead atoms. The maximum Gasteiger partial charge on any atom is 0.0844 e. The zero-order valence-corrected chi connectivity index (χ0v) is 7.92. The Balaban J connectivity index is 0.000000217. The van der Waals surface area contributed by atoms with E-state index in [1.54, 1.807) is 0 Å². The van der Waals surface area contributed by atoms with Crippen LogP contribution < -0.4 is 0 Å². The van der Waals surface area contributed by atoms with Crippen LogP contribution in [0.5, 0.6) is 0 Å². The lowest BCUT2D eigenvalue weighted by atomic mass is 10.4. The zero-order valence-electron chi connectivity index (χ0n) is 7.16. The summed E-state index contributed by atoms with van der Waals surface area (Å²) in [6, 6.07) is 9.44. The predicted octanol–water partition coefficient (Wildman–Crippen LogP) is 3.51. The second-order valence-electron chi connectivity index (χ2n) is 1.92. The van der Waals surface area contributed by atoms with Crippen molar-refractivity contribution in [2.24, 2.45) is 0 Å². The Morgan fingerprint density at radius 1 is 1.42 bits per heavy atom. The van der Waals surface area contributed by atoms with Gasteiger partial charge in [-0.05, 0) is 19.1 Å². The maximum atomic E-state index is 5.54. The smallest absolute Gasteiger partial charge is 0.0844 e. The molecule has 0 aliphatic rings. The van der Waals surface area contributed by atoms with E-state index in [0.29, 0.717) is 0 Å². The van der Waals surface area contributed by atoms with Crippen LogP contribution in [-0.2, 0) is 4.74 Å². The molecule has 1 aromatic rings. The average Bonchev–Trinajstić information content (AvgIpc) is 2.08. The van der Waals surface area contributed by atoms with Crippen molar-refractivity contribution in [3.05, 3.63) is 48.2 Å². The Kier molecular flexibility index (Phi) is 7.50. The van der Waals surface area contributed by atoms with Gasteiger partial charge < -0.3 is 4.74 Å². The lowest BCUT2D eigenvalue weighted by Gasteiger charge is -1.84. The molecule has 0 spiro atoms. The minimum Gasteiger partial charge on any atom is -0.502 e. The fourth-order valence-corrected chi connectivity index (χ4v) is 0.678. The largest absolute Gasteiger partial charge is 0.502 e. The molecule has 0 unspecified atom stereocenters. The molecule has 1 aromatic carbocycles. The molecule has 1 nitrogen and oxygen atoms in total. The third kappa shape index (κ3) is 7.16. The van der Waals surface area contributed by atoms with E-state index < -0.39 is 0 Å². The van der Waals surface area contributed by atoms with Gasteiger partial charge >= 0.3 is 0 Å². The van der Waals surface area contributed by atoms with Crippen LogP contribution in [0.2, 0.25) is 5.02 Å². The lowest BCUT2D eigenvalue weighted by molar-refractivity contribution is 0.270. The van der Waals surface area contributed by atoms with Gasteiger partial charge in [-0.1, -0.05) is 36.4 Å². The van der Waals surface area contributed by atoms with Gasteiger partial charge in [0.05, 0.1) is 12.9 Å². The fourth-order valence-electron chi connectivity index (χ4n) is 0.533.